The van der Waals surface area contributed by atoms with E-state index in [1.165, 1.54) is 11.1 Å². The summed E-state index contributed by atoms with van der Waals surface area (Å²) in [6, 6.07) is 23.5. The van der Waals surface area contributed by atoms with E-state index in [2.05, 4.69) is 58.4 Å². The minimum Gasteiger partial charge on any atom is -0.493 e. The maximum absolute atomic E-state index is 14.2. The Morgan fingerprint density at radius 3 is 2.59 bits per heavy atom. The second-order valence-corrected chi connectivity index (χ2v) is 16.1. The molecule has 4 aromatic rings. The lowest BCUT2D eigenvalue weighted by molar-refractivity contribution is 0.0715. The van der Waals surface area contributed by atoms with Crippen molar-refractivity contribution in [1.82, 2.24) is 10.2 Å². The molecule has 2 fully saturated rings. The summed E-state index contributed by atoms with van der Waals surface area (Å²) in [7, 11) is 0. The van der Waals surface area contributed by atoms with Crippen LogP contribution >= 0.6 is 11.6 Å². The van der Waals surface area contributed by atoms with Gasteiger partial charge in [-0.15, -0.1) is 0 Å². The van der Waals surface area contributed by atoms with Gasteiger partial charge in [0, 0.05) is 49.4 Å². The number of nitrogens with one attached hydrogen (secondary N) is 1. The first-order valence-corrected chi connectivity index (χ1v) is 20.2. The average molecular weight is 777 g/mol. The Kier molecular flexibility index (Phi) is 12.5. The van der Waals surface area contributed by atoms with Gasteiger partial charge in [-0.05, 0) is 129 Å². The molecule has 0 radical (unpaired) electrons. The molecule has 0 unspecified atom stereocenters. The molecule has 4 aromatic carbocycles. The lowest BCUT2D eigenvalue weighted by Crippen LogP contribution is -2.40. The van der Waals surface area contributed by atoms with E-state index in [-0.39, 0.29) is 18.8 Å². The molecule has 0 spiro atoms. The van der Waals surface area contributed by atoms with Crippen LogP contribution < -0.4 is 19.5 Å². The first-order chi connectivity index (χ1) is 27.1. The third-order valence-electron chi connectivity index (χ3n) is 11.6. The van der Waals surface area contributed by atoms with Crippen molar-refractivity contribution >= 4 is 17.3 Å². The zero-order valence-electron chi connectivity index (χ0n) is 32.3. The highest BCUT2D eigenvalue weighted by Gasteiger charge is 2.30. The number of nitrogens with zero attached hydrogens (tertiary/aromatic N) is 3. The van der Waals surface area contributed by atoms with E-state index in [0.29, 0.717) is 59.3 Å². The SMILES string of the molecule is [C-]#[N+]c1cc(C#N)cc(COc2cc(O[C@H]3CCc4c(-c5cccc(OCCCN6CCC(C)(F)CC6)c5C)cccc43)c(Cl)cc2CN[C@@H]2CCC[C@H]2O)c1. The van der Waals surface area contributed by atoms with Crippen LogP contribution in [0.5, 0.6) is 17.2 Å². The van der Waals surface area contributed by atoms with Crippen LogP contribution in [-0.4, -0.2) is 54.1 Å². The number of hydrogen-bond acceptors (Lipinski definition) is 7. The Labute approximate surface area is 335 Å². The second-order valence-electron chi connectivity index (χ2n) is 15.7. The fraction of sp³-hybridized carbons (Fsp3) is 0.435. The average Bonchev–Trinajstić information content (AvgIpc) is 3.82. The van der Waals surface area contributed by atoms with Gasteiger partial charge in [-0.25, -0.2) is 9.24 Å². The topological polar surface area (TPSA) is 91.3 Å². The molecule has 3 atom stereocenters. The molecule has 2 aliphatic carbocycles. The van der Waals surface area contributed by atoms with E-state index in [4.69, 9.17) is 32.4 Å². The van der Waals surface area contributed by atoms with Crippen LogP contribution in [0, 0.1) is 24.8 Å². The number of nitriles is 1. The van der Waals surface area contributed by atoms with E-state index in [1.807, 2.05) is 18.2 Å². The van der Waals surface area contributed by atoms with Crippen molar-refractivity contribution in [3.8, 4) is 34.4 Å². The van der Waals surface area contributed by atoms with Gasteiger partial charge in [0.05, 0.1) is 30.4 Å². The van der Waals surface area contributed by atoms with Gasteiger partial charge < -0.3 is 29.5 Å². The van der Waals surface area contributed by atoms with Crippen LogP contribution in [0.25, 0.3) is 16.0 Å². The number of alkyl halides is 1. The molecule has 0 bridgehead atoms. The number of likely N-dealkylation sites (tertiary alicyclic amines) is 1. The van der Waals surface area contributed by atoms with Crippen LogP contribution in [0.15, 0.2) is 66.7 Å². The van der Waals surface area contributed by atoms with E-state index >= 15 is 0 Å². The Bertz CT molecular complexity index is 2090. The van der Waals surface area contributed by atoms with Crippen molar-refractivity contribution in [3.63, 3.8) is 0 Å². The largest absolute Gasteiger partial charge is 0.493 e. The van der Waals surface area contributed by atoms with Gasteiger partial charge in [0.1, 0.15) is 35.6 Å². The molecule has 0 aromatic heterocycles. The summed E-state index contributed by atoms with van der Waals surface area (Å²) in [5.74, 6) is 1.97. The number of hydrogen-bond donors (Lipinski definition) is 2. The molecule has 10 heteroatoms. The lowest BCUT2D eigenvalue weighted by atomic mass is 9.93. The number of piperidine rings is 1. The number of benzene rings is 4. The number of ether oxygens (including phenoxy) is 3. The fourth-order valence-electron chi connectivity index (χ4n) is 8.33. The summed E-state index contributed by atoms with van der Waals surface area (Å²) in [5.41, 5.74) is 7.06. The van der Waals surface area contributed by atoms with Crippen LogP contribution in [0.2, 0.25) is 5.02 Å². The molecule has 2 N–H and O–H groups in total. The summed E-state index contributed by atoms with van der Waals surface area (Å²) in [6.45, 7) is 15.0. The zero-order chi connectivity index (χ0) is 39.2. The highest BCUT2D eigenvalue weighted by Crippen LogP contribution is 2.44. The lowest BCUT2D eigenvalue weighted by Gasteiger charge is -2.34. The van der Waals surface area contributed by atoms with Gasteiger partial charge in [-0.2, -0.15) is 5.26 Å². The summed E-state index contributed by atoms with van der Waals surface area (Å²) < 4.78 is 33.6. The predicted molar refractivity (Wildman–Crippen MR) is 217 cm³/mol. The molecular formula is C46H50ClFN4O4. The smallest absolute Gasteiger partial charge is 0.188 e. The maximum Gasteiger partial charge on any atom is 0.188 e. The van der Waals surface area contributed by atoms with E-state index in [9.17, 15) is 14.8 Å². The molecule has 8 nitrogen and oxygen atoms in total. The standard InChI is InChI=1S/C46H50ClFN4O4/c1-30-35(8-5-13-42(30)54-21-7-18-52-19-16-46(2,48)17-20-52)36-9-4-10-38-37(36)14-15-43(38)56-45-26-44(55-29-32-22-31(27-49)23-34(24-32)50-3)33(25-39(45)47)28-51-40-11-6-12-41(40)53/h4-5,8-10,13,22-26,40-41,43,51,53H,6-7,11-12,14-21,28-29H2,1-2H3/t40-,41-,43+/m1/s1. The molecule has 1 heterocycles. The molecule has 3 aliphatic rings. The third-order valence-corrected chi connectivity index (χ3v) is 11.9. The van der Waals surface area contributed by atoms with Crippen LogP contribution in [-0.2, 0) is 19.6 Å². The number of aliphatic hydroxyl groups excluding tert-OH is 1. The summed E-state index contributed by atoms with van der Waals surface area (Å²) in [5, 5.41) is 23.9. The molecule has 1 saturated carbocycles. The van der Waals surface area contributed by atoms with Gasteiger partial charge in [0.25, 0.3) is 0 Å². The van der Waals surface area contributed by atoms with Gasteiger partial charge in [0.2, 0.25) is 0 Å². The van der Waals surface area contributed by atoms with Crippen LogP contribution in [0.1, 0.15) is 91.4 Å². The number of aliphatic hydroxyl groups is 1. The highest BCUT2D eigenvalue weighted by molar-refractivity contribution is 6.32. The normalized spacial score (nSPS) is 20.2. The van der Waals surface area contributed by atoms with Crippen LogP contribution in [0.4, 0.5) is 10.1 Å². The molecule has 1 aliphatic heterocycles. The fourth-order valence-corrected chi connectivity index (χ4v) is 8.56. The van der Waals surface area contributed by atoms with Crippen molar-refractivity contribution in [3.05, 3.63) is 117 Å². The van der Waals surface area contributed by atoms with E-state index in [1.54, 1.807) is 25.1 Å². The van der Waals surface area contributed by atoms with Gasteiger partial charge in [-0.1, -0.05) is 41.9 Å². The number of fused-ring (bicyclic) bond motifs is 1. The van der Waals surface area contributed by atoms with Gasteiger partial charge in [0.15, 0.2) is 5.69 Å². The van der Waals surface area contributed by atoms with E-state index in [0.717, 1.165) is 86.2 Å². The quantitative estimate of drug-likeness (QED) is 0.0974. The predicted octanol–water partition coefficient (Wildman–Crippen LogP) is 9.98. The second kappa shape index (κ2) is 17.7. The monoisotopic (exact) mass is 776 g/mol. The third kappa shape index (κ3) is 9.31. The minimum atomic E-state index is -1.04. The van der Waals surface area contributed by atoms with Crippen molar-refractivity contribution in [1.29, 1.82) is 5.26 Å². The Morgan fingerprint density at radius 2 is 1.82 bits per heavy atom. The molecule has 1 saturated heterocycles. The van der Waals surface area contributed by atoms with Crippen LogP contribution in [0.3, 0.4) is 0 Å². The summed E-state index contributed by atoms with van der Waals surface area (Å²) in [4.78, 5) is 5.85. The molecule has 292 valence electrons. The summed E-state index contributed by atoms with van der Waals surface area (Å²) in [6.07, 6.45) is 5.75. The zero-order valence-corrected chi connectivity index (χ0v) is 33.0. The minimum absolute atomic E-state index is 0.00707. The van der Waals surface area contributed by atoms with Crippen molar-refractivity contribution in [2.45, 2.75) is 102 Å². The first-order valence-electron chi connectivity index (χ1n) is 19.8. The van der Waals surface area contributed by atoms with Gasteiger partial charge in [-0.3, -0.25) is 0 Å². The summed E-state index contributed by atoms with van der Waals surface area (Å²) >= 11 is 6.94. The van der Waals surface area contributed by atoms with Gasteiger partial charge >= 0.3 is 0 Å². The maximum atomic E-state index is 14.2. The van der Waals surface area contributed by atoms with Crippen molar-refractivity contribution in [2.75, 3.05) is 26.2 Å². The molecule has 0 amide bonds. The highest BCUT2D eigenvalue weighted by atomic mass is 35.5. The molecule has 7 rings (SSSR count). The first kappa shape index (κ1) is 39.6. The molecular weight excluding hydrogens is 727 g/mol. The Balaban J connectivity index is 1.07. The van der Waals surface area contributed by atoms with Crippen molar-refractivity contribution < 1.29 is 23.7 Å². The van der Waals surface area contributed by atoms with E-state index < -0.39 is 11.8 Å². The number of halogens is 2. The Morgan fingerprint density at radius 1 is 1.02 bits per heavy atom. The Hall–Kier alpha value is -4.64. The number of rotatable bonds is 14. The molecule has 56 heavy (non-hydrogen) atoms. The van der Waals surface area contributed by atoms with Crippen molar-refractivity contribution in [2.24, 2.45) is 0 Å².